The van der Waals surface area contributed by atoms with E-state index in [0.717, 1.165) is 0 Å². The zero-order valence-corrected chi connectivity index (χ0v) is 6.53. The van der Waals surface area contributed by atoms with Crippen LogP contribution in [0.3, 0.4) is 0 Å². The van der Waals surface area contributed by atoms with Gasteiger partial charge in [-0.05, 0) is 0 Å². The lowest BCUT2D eigenvalue weighted by atomic mass is 11.2. The molecule has 2 bridgehead atoms. The van der Waals surface area contributed by atoms with Crippen LogP contribution in [0.4, 0.5) is 0 Å². The Balaban J connectivity index is 2.02. The Hall–Kier alpha value is 0.220. The van der Waals surface area contributed by atoms with Crippen LogP contribution in [0.15, 0.2) is 0 Å². The van der Waals surface area contributed by atoms with Gasteiger partial charge in [0.1, 0.15) is 0 Å². The second-order valence-corrected chi connectivity index (χ2v) is 4.41. The fourth-order valence-electron chi connectivity index (χ4n) is 0.627. The lowest BCUT2D eigenvalue weighted by Crippen LogP contribution is -2.58. The van der Waals surface area contributed by atoms with Crippen LogP contribution in [0.25, 0.3) is 0 Å². The highest BCUT2D eigenvalue weighted by Gasteiger charge is 2.79. The quantitative estimate of drug-likeness (QED) is 0.599. The first-order valence-electron chi connectivity index (χ1n) is 2.31. The Morgan fingerprint density at radius 3 is 2.09 bits per heavy atom. The van der Waals surface area contributed by atoms with Crippen molar-refractivity contribution >= 4 is 15.6 Å². The highest BCUT2D eigenvalue weighted by atomic mass is 31.2. The minimum absolute atomic E-state index is 2.21. The van der Waals surface area contributed by atoms with Crippen molar-refractivity contribution in [2.45, 2.75) is 6.16 Å². The molecular formula is CH2O8P2. The summed E-state index contributed by atoms with van der Waals surface area (Å²) in [5.74, 6) is 0. The zero-order valence-electron chi connectivity index (χ0n) is 4.74. The molecule has 0 radical (unpaired) electrons. The summed E-state index contributed by atoms with van der Waals surface area (Å²) in [6, 6.07) is 0. The van der Waals surface area contributed by atoms with Crippen LogP contribution >= 0.6 is 15.6 Å². The van der Waals surface area contributed by atoms with E-state index in [1.54, 1.807) is 0 Å². The summed E-state index contributed by atoms with van der Waals surface area (Å²) in [5.41, 5.74) is 0. The van der Waals surface area contributed by atoms with Crippen LogP contribution in [0.5, 0.6) is 0 Å². The highest BCUT2D eigenvalue weighted by Crippen LogP contribution is 2.81. The van der Waals surface area contributed by atoms with E-state index in [1.165, 1.54) is 0 Å². The largest absolute Gasteiger partial charge is 0.493 e. The second kappa shape index (κ2) is 1.76. The van der Waals surface area contributed by atoms with Crippen LogP contribution < -0.4 is 0 Å². The predicted octanol–water partition coefficient (Wildman–Crippen LogP) is -0.108. The maximum atomic E-state index is 10.4. The zero-order chi connectivity index (χ0) is 8.33. The van der Waals surface area contributed by atoms with Gasteiger partial charge in [-0.15, -0.1) is 0 Å². The van der Waals surface area contributed by atoms with Crippen LogP contribution in [-0.4, -0.2) is 15.9 Å². The van der Waals surface area contributed by atoms with E-state index in [9.17, 15) is 9.13 Å². The van der Waals surface area contributed by atoms with Gasteiger partial charge in [0.15, 0.2) is 0 Å². The van der Waals surface area contributed by atoms with Crippen molar-refractivity contribution in [1.82, 2.24) is 0 Å². The maximum absolute atomic E-state index is 10.4. The smallest absolute Gasteiger partial charge is 0.302 e. The normalized spacial score (nSPS) is 47.8. The summed E-state index contributed by atoms with van der Waals surface area (Å²) in [5, 5.41) is 0. The van der Waals surface area contributed by atoms with E-state index >= 15 is 0 Å². The predicted molar refractivity (Wildman–Crippen MR) is 26.7 cm³/mol. The molecule has 3 heterocycles. The molecule has 0 spiro atoms. The van der Waals surface area contributed by atoms with Crippen molar-refractivity contribution in [2.24, 2.45) is 0 Å². The van der Waals surface area contributed by atoms with Crippen molar-refractivity contribution in [3.05, 3.63) is 0 Å². The Kier molecular flexibility index (Phi) is 1.26. The Morgan fingerprint density at radius 1 is 1.36 bits per heavy atom. The monoisotopic (exact) mass is 204 g/mol. The van der Waals surface area contributed by atoms with Crippen LogP contribution in [0.2, 0.25) is 0 Å². The molecule has 10 heteroatoms. The average molecular weight is 204 g/mol. The molecule has 3 aliphatic heterocycles. The Labute approximate surface area is 59.9 Å². The second-order valence-electron chi connectivity index (χ2n) is 1.80. The number of phosphoric acid groups is 2. The summed E-state index contributed by atoms with van der Waals surface area (Å²) in [4.78, 5) is 16.4. The molecule has 3 fully saturated rings. The van der Waals surface area contributed by atoms with Gasteiger partial charge in [0, 0.05) is 0 Å². The van der Waals surface area contributed by atoms with Crippen molar-refractivity contribution in [3.63, 3.8) is 0 Å². The van der Waals surface area contributed by atoms with Crippen molar-refractivity contribution < 1.29 is 37.0 Å². The van der Waals surface area contributed by atoms with Gasteiger partial charge in [-0.2, -0.15) is 0 Å². The molecule has 3 rings (SSSR count). The van der Waals surface area contributed by atoms with E-state index in [-0.39, 0.29) is 0 Å². The molecular weight excluding hydrogens is 202 g/mol. The van der Waals surface area contributed by atoms with Gasteiger partial charge in [-0.3, -0.25) is 0 Å². The van der Waals surface area contributed by atoms with Crippen LogP contribution in [0.1, 0.15) is 0 Å². The fraction of sp³-hybridized carbons (Fsp3) is 1.00. The number of rotatable bonds is 2. The standard InChI is InChI=1S/CH2O8P2/c2-10(3,4)6-1-7-11(5,8-1)9-1/h(H2,2,3,4). The Bertz CT molecular complexity index is 260. The van der Waals surface area contributed by atoms with Crippen LogP contribution in [0, 0.1) is 0 Å². The summed E-state index contributed by atoms with van der Waals surface area (Å²) >= 11 is 0. The van der Waals surface area contributed by atoms with Gasteiger partial charge in [0.25, 0.3) is 0 Å². The lowest BCUT2D eigenvalue weighted by molar-refractivity contribution is -0.517. The molecule has 8 nitrogen and oxygen atoms in total. The molecule has 0 aromatic carbocycles. The SMILES string of the molecule is O=P(O)(O)OC12OP(=O)(O1)O2. The van der Waals surface area contributed by atoms with Gasteiger partial charge < -0.3 is 9.79 Å². The molecule has 0 amide bonds. The molecule has 0 atom stereocenters. The first kappa shape index (κ1) is 7.85. The fourth-order valence-corrected chi connectivity index (χ4v) is 2.18. The number of hydrogen-bond donors (Lipinski definition) is 2. The first-order valence-corrected chi connectivity index (χ1v) is 5.30. The van der Waals surface area contributed by atoms with Gasteiger partial charge in [0.2, 0.25) is 0 Å². The molecule has 3 saturated heterocycles. The molecule has 0 aliphatic carbocycles. The molecule has 2 N–H and O–H groups in total. The third-order valence-electron chi connectivity index (χ3n) is 0.902. The van der Waals surface area contributed by atoms with Crippen molar-refractivity contribution in [1.29, 1.82) is 0 Å². The van der Waals surface area contributed by atoms with E-state index in [2.05, 4.69) is 18.1 Å². The molecule has 0 unspecified atom stereocenters. The van der Waals surface area contributed by atoms with Crippen LogP contribution in [-0.2, 0) is 27.2 Å². The molecule has 0 aromatic heterocycles. The lowest BCUT2D eigenvalue weighted by Gasteiger charge is -2.52. The summed E-state index contributed by atoms with van der Waals surface area (Å²) in [7, 11) is -8.18. The van der Waals surface area contributed by atoms with E-state index in [4.69, 9.17) is 9.79 Å². The maximum Gasteiger partial charge on any atom is 0.493 e. The van der Waals surface area contributed by atoms with Crippen molar-refractivity contribution in [2.75, 3.05) is 0 Å². The van der Waals surface area contributed by atoms with E-state index < -0.39 is 21.8 Å². The van der Waals surface area contributed by atoms with Gasteiger partial charge in [-0.1, -0.05) is 0 Å². The number of hydrogen-bond acceptors (Lipinski definition) is 6. The first-order chi connectivity index (χ1) is 4.83. The van der Waals surface area contributed by atoms with E-state index in [0.29, 0.717) is 0 Å². The summed E-state index contributed by atoms with van der Waals surface area (Å²) in [6.45, 7) is 0. The minimum Gasteiger partial charge on any atom is -0.302 e. The molecule has 0 aromatic rings. The third-order valence-corrected chi connectivity index (χ3v) is 2.70. The Morgan fingerprint density at radius 2 is 1.82 bits per heavy atom. The highest BCUT2D eigenvalue weighted by molar-refractivity contribution is 7.52. The third kappa shape index (κ3) is 1.18. The van der Waals surface area contributed by atoms with Gasteiger partial charge >= 0.3 is 21.8 Å². The van der Waals surface area contributed by atoms with Crippen molar-refractivity contribution in [3.8, 4) is 0 Å². The van der Waals surface area contributed by atoms with Gasteiger partial charge in [0.05, 0.1) is 0 Å². The summed E-state index contributed by atoms with van der Waals surface area (Å²) < 4.78 is 36.9. The number of phosphoric ester groups is 2. The topological polar surface area (TPSA) is 112 Å². The summed E-state index contributed by atoms with van der Waals surface area (Å²) in [6.07, 6.45) is -2.21. The minimum atomic E-state index is -4.74. The van der Waals surface area contributed by atoms with E-state index in [1.807, 2.05) is 0 Å². The molecule has 64 valence electrons. The molecule has 3 aliphatic rings. The average Bonchev–Trinajstić information content (AvgIpc) is 1.53. The molecule has 0 saturated carbocycles. The molecule has 11 heavy (non-hydrogen) atoms. The van der Waals surface area contributed by atoms with Gasteiger partial charge in [-0.25, -0.2) is 27.2 Å².